The zero-order valence-corrected chi connectivity index (χ0v) is 17.6. The first-order valence-electron chi connectivity index (χ1n) is 9.36. The molecule has 0 aliphatic heterocycles. The van der Waals surface area contributed by atoms with E-state index in [1.54, 1.807) is 49.4 Å². The Kier molecular flexibility index (Phi) is 5.52. The van der Waals surface area contributed by atoms with E-state index in [0.29, 0.717) is 32.1 Å². The van der Waals surface area contributed by atoms with E-state index in [2.05, 4.69) is 15.4 Å². The number of methoxy groups -OCH3 is 1. The van der Waals surface area contributed by atoms with Gasteiger partial charge in [-0.2, -0.15) is 18.3 Å². The highest BCUT2D eigenvalue weighted by atomic mass is 35.5. The van der Waals surface area contributed by atoms with E-state index in [4.69, 9.17) is 16.3 Å². The SMILES string of the molecule is COc1cccc(-c2cc(C(F)(F)F)n3ncc(C(=O)Nc4cccc(Cl)c4C)c3n2)c1. The number of fused-ring (bicyclic) bond motifs is 1. The summed E-state index contributed by atoms with van der Waals surface area (Å²) in [5.74, 6) is -0.200. The third kappa shape index (κ3) is 3.99. The first-order valence-corrected chi connectivity index (χ1v) is 9.73. The van der Waals surface area contributed by atoms with Gasteiger partial charge in [-0.25, -0.2) is 9.50 Å². The second-order valence-corrected chi connectivity index (χ2v) is 7.32. The second-order valence-electron chi connectivity index (χ2n) is 6.92. The molecule has 2 aromatic heterocycles. The van der Waals surface area contributed by atoms with Gasteiger partial charge in [-0.05, 0) is 42.8 Å². The molecule has 4 aromatic rings. The summed E-state index contributed by atoms with van der Waals surface area (Å²) in [6, 6.07) is 12.3. The molecule has 6 nitrogen and oxygen atoms in total. The quantitative estimate of drug-likeness (QED) is 0.428. The van der Waals surface area contributed by atoms with Gasteiger partial charge in [0.2, 0.25) is 0 Å². The first kappa shape index (κ1) is 21.6. The Hall–Kier alpha value is -3.59. The van der Waals surface area contributed by atoms with E-state index >= 15 is 0 Å². The lowest BCUT2D eigenvalue weighted by atomic mass is 10.1. The highest BCUT2D eigenvalue weighted by Crippen LogP contribution is 2.33. The third-order valence-corrected chi connectivity index (χ3v) is 5.30. The summed E-state index contributed by atoms with van der Waals surface area (Å²) < 4.78 is 47.1. The van der Waals surface area contributed by atoms with E-state index in [0.717, 1.165) is 12.3 Å². The van der Waals surface area contributed by atoms with Gasteiger partial charge in [0.25, 0.3) is 5.91 Å². The predicted octanol–water partition coefficient (Wildman–Crippen LogP) is 5.64. The van der Waals surface area contributed by atoms with Crippen molar-refractivity contribution in [2.24, 2.45) is 0 Å². The summed E-state index contributed by atoms with van der Waals surface area (Å²) >= 11 is 6.09. The number of ether oxygens (including phenoxy) is 1. The number of benzene rings is 2. The number of anilines is 1. The molecule has 1 amide bonds. The van der Waals surface area contributed by atoms with Crippen LogP contribution >= 0.6 is 11.6 Å². The van der Waals surface area contributed by atoms with Crippen molar-refractivity contribution in [1.82, 2.24) is 14.6 Å². The fraction of sp³-hybridized carbons (Fsp3) is 0.136. The van der Waals surface area contributed by atoms with E-state index in [9.17, 15) is 18.0 Å². The van der Waals surface area contributed by atoms with Crippen LogP contribution in [0.3, 0.4) is 0 Å². The monoisotopic (exact) mass is 460 g/mol. The van der Waals surface area contributed by atoms with Crippen LogP contribution in [0.25, 0.3) is 16.9 Å². The van der Waals surface area contributed by atoms with Gasteiger partial charge in [-0.3, -0.25) is 4.79 Å². The summed E-state index contributed by atoms with van der Waals surface area (Å²) in [6.07, 6.45) is -3.67. The van der Waals surface area contributed by atoms with Crippen LogP contribution < -0.4 is 10.1 Å². The third-order valence-electron chi connectivity index (χ3n) is 4.89. The lowest BCUT2D eigenvalue weighted by Crippen LogP contribution is -2.16. The van der Waals surface area contributed by atoms with Crippen molar-refractivity contribution in [3.8, 4) is 17.0 Å². The van der Waals surface area contributed by atoms with Gasteiger partial charge < -0.3 is 10.1 Å². The predicted molar refractivity (Wildman–Crippen MR) is 114 cm³/mol. The molecule has 1 N–H and O–H groups in total. The molecule has 0 saturated heterocycles. The van der Waals surface area contributed by atoms with Gasteiger partial charge in [0, 0.05) is 16.3 Å². The molecule has 0 radical (unpaired) electrons. The van der Waals surface area contributed by atoms with Crippen LogP contribution in [0, 0.1) is 6.92 Å². The Morgan fingerprint density at radius 2 is 1.91 bits per heavy atom. The number of carbonyl (C=O) groups excluding carboxylic acids is 1. The zero-order valence-electron chi connectivity index (χ0n) is 16.9. The summed E-state index contributed by atoms with van der Waals surface area (Å²) in [4.78, 5) is 17.2. The van der Waals surface area contributed by atoms with Gasteiger partial charge in [0.15, 0.2) is 11.3 Å². The molecule has 0 bridgehead atoms. The maximum absolute atomic E-state index is 13.8. The number of aromatic nitrogens is 3. The number of nitrogens with one attached hydrogen (secondary N) is 1. The molecule has 0 atom stereocenters. The molecule has 0 fully saturated rings. The van der Waals surface area contributed by atoms with Crippen molar-refractivity contribution in [2.75, 3.05) is 12.4 Å². The van der Waals surface area contributed by atoms with E-state index in [1.807, 2.05) is 0 Å². The largest absolute Gasteiger partial charge is 0.497 e. The number of hydrogen-bond donors (Lipinski definition) is 1. The lowest BCUT2D eigenvalue weighted by Gasteiger charge is -2.12. The Morgan fingerprint density at radius 1 is 1.16 bits per heavy atom. The summed E-state index contributed by atoms with van der Waals surface area (Å²) in [7, 11) is 1.45. The summed E-state index contributed by atoms with van der Waals surface area (Å²) in [6.45, 7) is 1.72. The van der Waals surface area contributed by atoms with E-state index in [1.165, 1.54) is 7.11 Å². The smallest absolute Gasteiger partial charge is 0.433 e. The molecule has 0 saturated carbocycles. The number of hydrogen-bond acceptors (Lipinski definition) is 4. The van der Waals surface area contributed by atoms with Gasteiger partial charge >= 0.3 is 6.18 Å². The minimum absolute atomic E-state index is 0.0252. The molecule has 0 unspecified atom stereocenters. The van der Waals surface area contributed by atoms with Crippen LogP contribution in [-0.2, 0) is 6.18 Å². The molecule has 10 heteroatoms. The van der Waals surface area contributed by atoms with Gasteiger partial charge in [-0.1, -0.05) is 29.8 Å². The molecule has 0 aliphatic carbocycles. The number of carbonyl (C=O) groups is 1. The topological polar surface area (TPSA) is 68.5 Å². The molecule has 0 aliphatic rings. The Morgan fingerprint density at radius 3 is 2.62 bits per heavy atom. The van der Waals surface area contributed by atoms with Crippen molar-refractivity contribution in [3.63, 3.8) is 0 Å². The van der Waals surface area contributed by atoms with Gasteiger partial charge in [-0.15, -0.1) is 0 Å². The molecule has 2 heterocycles. The highest BCUT2D eigenvalue weighted by Gasteiger charge is 2.36. The Bertz CT molecular complexity index is 1330. The Balaban J connectivity index is 1.86. The molecule has 0 spiro atoms. The number of rotatable bonds is 4. The van der Waals surface area contributed by atoms with E-state index < -0.39 is 17.8 Å². The second kappa shape index (κ2) is 8.16. The number of halogens is 4. The van der Waals surface area contributed by atoms with Crippen molar-refractivity contribution in [1.29, 1.82) is 0 Å². The number of amides is 1. The molecular formula is C22H16ClF3N4O2. The van der Waals surface area contributed by atoms with Crippen LogP contribution in [-0.4, -0.2) is 27.6 Å². The fourth-order valence-electron chi connectivity index (χ4n) is 3.19. The molecular weight excluding hydrogens is 445 g/mol. The standard InChI is InChI=1S/C22H16ClF3N4O2/c1-12-16(23)7-4-8-17(12)29-21(31)15-11-27-30-19(22(24,25)26)10-18(28-20(15)30)13-5-3-6-14(9-13)32-2/h3-11H,1-2H3,(H,29,31). The fourth-order valence-corrected chi connectivity index (χ4v) is 3.36. The molecule has 2 aromatic carbocycles. The molecule has 4 rings (SSSR count). The van der Waals surface area contributed by atoms with Crippen molar-refractivity contribution in [2.45, 2.75) is 13.1 Å². The summed E-state index contributed by atoms with van der Waals surface area (Å²) in [5.41, 5.74) is 0.0856. The van der Waals surface area contributed by atoms with Gasteiger partial charge in [0.05, 0.1) is 19.0 Å². The number of nitrogens with zero attached hydrogens (tertiary/aromatic N) is 3. The van der Waals surface area contributed by atoms with Crippen LogP contribution in [0.5, 0.6) is 5.75 Å². The maximum Gasteiger partial charge on any atom is 0.433 e. The van der Waals surface area contributed by atoms with Crippen molar-refractivity contribution in [3.05, 3.63) is 76.6 Å². The maximum atomic E-state index is 13.8. The van der Waals surface area contributed by atoms with Crippen molar-refractivity contribution < 1.29 is 22.7 Å². The Labute approximate surface area is 185 Å². The van der Waals surface area contributed by atoms with Crippen LogP contribution in [0.2, 0.25) is 5.02 Å². The average molecular weight is 461 g/mol. The number of alkyl halides is 3. The van der Waals surface area contributed by atoms with E-state index in [-0.39, 0.29) is 16.9 Å². The van der Waals surface area contributed by atoms with Crippen LogP contribution in [0.15, 0.2) is 54.7 Å². The lowest BCUT2D eigenvalue weighted by molar-refractivity contribution is -0.142. The van der Waals surface area contributed by atoms with Crippen molar-refractivity contribution >= 4 is 28.8 Å². The zero-order chi connectivity index (χ0) is 23.0. The molecule has 164 valence electrons. The van der Waals surface area contributed by atoms with Gasteiger partial charge in [0.1, 0.15) is 11.3 Å². The first-order chi connectivity index (χ1) is 15.2. The van der Waals surface area contributed by atoms with Crippen LogP contribution in [0.4, 0.5) is 18.9 Å². The normalized spacial score (nSPS) is 11.6. The highest BCUT2D eigenvalue weighted by molar-refractivity contribution is 6.31. The average Bonchev–Trinajstić information content (AvgIpc) is 3.19. The molecule has 32 heavy (non-hydrogen) atoms. The van der Waals surface area contributed by atoms with Crippen LogP contribution in [0.1, 0.15) is 21.6 Å². The minimum Gasteiger partial charge on any atom is -0.497 e. The minimum atomic E-state index is -4.72. The summed E-state index contributed by atoms with van der Waals surface area (Å²) in [5, 5.41) is 6.89.